The highest BCUT2D eigenvalue weighted by Gasteiger charge is 2.14. The third-order valence-electron chi connectivity index (χ3n) is 2.61. The predicted molar refractivity (Wildman–Crippen MR) is 70.8 cm³/mol. The lowest BCUT2D eigenvalue weighted by atomic mass is 9.97. The van der Waals surface area contributed by atoms with E-state index in [0.717, 1.165) is 5.56 Å². The molecule has 0 unspecified atom stereocenters. The molecule has 0 amide bonds. The van der Waals surface area contributed by atoms with Crippen molar-refractivity contribution >= 4 is 17.5 Å². The Bertz CT molecular complexity index is 558. The number of nitrogen functional groups attached to an aromatic ring is 1. The molecule has 0 aliphatic carbocycles. The lowest BCUT2D eigenvalue weighted by Gasteiger charge is -2.08. The van der Waals surface area contributed by atoms with Crippen LogP contribution in [-0.2, 0) is 0 Å². The van der Waals surface area contributed by atoms with Gasteiger partial charge < -0.3 is 5.73 Å². The van der Waals surface area contributed by atoms with Crippen molar-refractivity contribution in [2.24, 2.45) is 0 Å². The molecule has 0 aliphatic heterocycles. The van der Waals surface area contributed by atoms with Gasteiger partial charge >= 0.3 is 0 Å². The molecule has 84 valence electrons. The monoisotopic (exact) mass is 223 g/mol. The van der Waals surface area contributed by atoms with Gasteiger partial charge in [0.05, 0.1) is 5.56 Å². The molecule has 2 N–H and O–H groups in total. The Morgan fingerprint density at radius 1 is 1.06 bits per heavy atom. The zero-order valence-electron chi connectivity index (χ0n) is 9.39. The summed E-state index contributed by atoms with van der Waals surface area (Å²) in [5.74, 6) is -0.0707. The number of carbonyl (C=O) groups excluding carboxylic acids is 1. The zero-order chi connectivity index (χ0) is 12.3. The number of hydrogen-bond donors (Lipinski definition) is 1. The van der Waals surface area contributed by atoms with Crippen molar-refractivity contribution < 1.29 is 4.79 Å². The van der Waals surface area contributed by atoms with Crippen molar-refractivity contribution in [1.82, 2.24) is 0 Å². The number of anilines is 1. The number of nitrogens with two attached hydrogens (primary N) is 1. The molecule has 17 heavy (non-hydrogen) atoms. The Balaban J connectivity index is 2.55. The fourth-order valence-corrected chi connectivity index (χ4v) is 1.75. The number of hydrogen-bond acceptors (Lipinski definition) is 2. The molecule has 2 aromatic rings. The van der Waals surface area contributed by atoms with Gasteiger partial charge in [0.2, 0.25) is 0 Å². The Morgan fingerprint density at radius 2 is 1.76 bits per heavy atom. The summed E-state index contributed by atoms with van der Waals surface area (Å²) >= 11 is 0. The van der Waals surface area contributed by atoms with Crippen LogP contribution < -0.4 is 5.73 Å². The average Bonchev–Trinajstić information content (AvgIpc) is 2.38. The number of rotatable bonds is 3. The van der Waals surface area contributed by atoms with Crippen LogP contribution >= 0.6 is 0 Å². The highest BCUT2D eigenvalue weighted by atomic mass is 16.1. The minimum absolute atomic E-state index is 0.0707. The molecule has 2 nitrogen and oxygen atoms in total. The standard InChI is InChI=1S/C15H13NO/c1-2-11-9-6-10-13(16)14(11)15(17)12-7-4-3-5-8-12/h2-10H,1,16H2. The van der Waals surface area contributed by atoms with E-state index < -0.39 is 0 Å². The smallest absolute Gasteiger partial charge is 0.195 e. The summed E-state index contributed by atoms with van der Waals surface area (Å²) in [4.78, 5) is 12.3. The van der Waals surface area contributed by atoms with E-state index in [1.165, 1.54) is 0 Å². The van der Waals surface area contributed by atoms with Gasteiger partial charge in [0.1, 0.15) is 0 Å². The molecule has 2 aromatic carbocycles. The molecular formula is C15H13NO. The quantitative estimate of drug-likeness (QED) is 0.641. The van der Waals surface area contributed by atoms with Crippen molar-refractivity contribution in [2.75, 3.05) is 5.73 Å². The van der Waals surface area contributed by atoms with Gasteiger partial charge in [-0.1, -0.05) is 55.1 Å². The van der Waals surface area contributed by atoms with E-state index in [0.29, 0.717) is 16.8 Å². The SMILES string of the molecule is C=Cc1cccc(N)c1C(=O)c1ccccc1. The zero-order valence-corrected chi connectivity index (χ0v) is 9.39. The second-order valence-corrected chi connectivity index (χ2v) is 3.71. The Morgan fingerprint density at radius 3 is 2.41 bits per heavy atom. The average molecular weight is 223 g/mol. The summed E-state index contributed by atoms with van der Waals surface area (Å²) in [6.07, 6.45) is 1.65. The molecule has 0 fully saturated rings. The molecule has 0 saturated heterocycles. The summed E-state index contributed by atoms with van der Waals surface area (Å²) in [6.45, 7) is 3.70. The lowest BCUT2D eigenvalue weighted by molar-refractivity contribution is 0.103. The van der Waals surface area contributed by atoms with Gasteiger partial charge in [0.25, 0.3) is 0 Å². The van der Waals surface area contributed by atoms with Gasteiger partial charge in [0, 0.05) is 11.3 Å². The van der Waals surface area contributed by atoms with E-state index in [9.17, 15) is 4.79 Å². The molecule has 0 aliphatic rings. The van der Waals surface area contributed by atoms with E-state index in [2.05, 4.69) is 6.58 Å². The van der Waals surface area contributed by atoms with Gasteiger partial charge in [-0.25, -0.2) is 0 Å². The second-order valence-electron chi connectivity index (χ2n) is 3.71. The van der Waals surface area contributed by atoms with Crippen molar-refractivity contribution in [3.05, 3.63) is 71.8 Å². The molecule has 2 heteroatoms. The van der Waals surface area contributed by atoms with Gasteiger partial charge in [0.15, 0.2) is 5.78 Å². The van der Waals surface area contributed by atoms with E-state index >= 15 is 0 Å². The fourth-order valence-electron chi connectivity index (χ4n) is 1.75. The predicted octanol–water partition coefficient (Wildman–Crippen LogP) is 3.14. The van der Waals surface area contributed by atoms with Crippen LogP contribution in [0.5, 0.6) is 0 Å². The molecule has 0 aromatic heterocycles. The molecule has 0 radical (unpaired) electrons. The van der Waals surface area contributed by atoms with Crippen molar-refractivity contribution in [3.63, 3.8) is 0 Å². The summed E-state index contributed by atoms with van der Waals surface area (Å²) in [5, 5.41) is 0. The van der Waals surface area contributed by atoms with Crippen LogP contribution in [0.4, 0.5) is 5.69 Å². The lowest BCUT2D eigenvalue weighted by Crippen LogP contribution is -2.07. The fraction of sp³-hybridized carbons (Fsp3) is 0. The number of ketones is 1. The summed E-state index contributed by atoms with van der Waals surface area (Å²) in [6, 6.07) is 14.5. The van der Waals surface area contributed by atoms with E-state index in [1.807, 2.05) is 30.3 Å². The topological polar surface area (TPSA) is 43.1 Å². The summed E-state index contributed by atoms with van der Waals surface area (Å²) in [7, 11) is 0. The first kappa shape index (κ1) is 11.1. The molecule has 0 heterocycles. The molecule has 0 atom stereocenters. The van der Waals surface area contributed by atoms with Gasteiger partial charge in [-0.05, 0) is 11.6 Å². The normalized spacial score (nSPS) is 9.88. The minimum atomic E-state index is -0.0707. The summed E-state index contributed by atoms with van der Waals surface area (Å²) in [5.41, 5.74) is 8.27. The maximum atomic E-state index is 12.3. The van der Waals surface area contributed by atoms with Gasteiger partial charge in [-0.3, -0.25) is 4.79 Å². The molecule has 2 rings (SSSR count). The Hall–Kier alpha value is -2.35. The van der Waals surface area contributed by atoms with E-state index in [4.69, 9.17) is 5.73 Å². The van der Waals surface area contributed by atoms with Crippen LogP contribution in [0.3, 0.4) is 0 Å². The second kappa shape index (κ2) is 4.66. The third-order valence-corrected chi connectivity index (χ3v) is 2.61. The third kappa shape index (κ3) is 2.11. The van der Waals surface area contributed by atoms with Crippen molar-refractivity contribution in [1.29, 1.82) is 0 Å². The molecular weight excluding hydrogens is 210 g/mol. The first-order valence-corrected chi connectivity index (χ1v) is 5.34. The van der Waals surface area contributed by atoms with E-state index in [-0.39, 0.29) is 5.78 Å². The first-order valence-electron chi connectivity index (χ1n) is 5.34. The number of carbonyl (C=O) groups is 1. The maximum Gasteiger partial charge on any atom is 0.195 e. The van der Waals surface area contributed by atoms with Crippen LogP contribution in [0.15, 0.2) is 55.1 Å². The van der Waals surface area contributed by atoms with Crippen LogP contribution in [0.1, 0.15) is 21.5 Å². The molecule has 0 bridgehead atoms. The van der Waals surface area contributed by atoms with Crippen LogP contribution in [0, 0.1) is 0 Å². The Labute approximate surface area is 100 Å². The van der Waals surface area contributed by atoms with Gasteiger partial charge in [-0.2, -0.15) is 0 Å². The minimum Gasteiger partial charge on any atom is -0.398 e. The maximum absolute atomic E-state index is 12.3. The van der Waals surface area contributed by atoms with Crippen LogP contribution in [-0.4, -0.2) is 5.78 Å². The molecule has 0 spiro atoms. The summed E-state index contributed by atoms with van der Waals surface area (Å²) < 4.78 is 0. The number of benzene rings is 2. The van der Waals surface area contributed by atoms with E-state index in [1.54, 1.807) is 24.3 Å². The molecule has 0 saturated carbocycles. The van der Waals surface area contributed by atoms with Gasteiger partial charge in [-0.15, -0.1) is 0 Å². The Kier molecular flexibility index (Phi) is 3.06. The van der Waals surface area contributed by atoms with Crippen molar-refractivity contribution in [3.8, 4) is 0 Å². The van der Waals surface area contributed by atoms with Crippen LogP contribution in [0.25, 0.3) is 6.08 Å². The largest absolute Gasteiger partial charge is 0.398 e. The highest BCUT2D eigenvalue weighted by Crippen LogP contribution is 2.21. The van der Waals surface area contributed by atoms with Crippen molar-refractivity contribution in [2.45, 2.75) is 0 Å². The van der Waals surface area contributed by atoms with Crippen LogP contribution in [0.2, 0.25) is 0 Å². The first-order chi connectivity index (χ1) is 8.24. The highest BCUT2D eigenvalue weighted by molar-refractivity contribution is 6.14.